The van der Waals surface area contributed by atoms with Gasteiger partial charge in [0, 0.05) is 6.20 Å². The molecule has 17 heavy (non-hydrogen) atoms. The summed E-state index contributed by atoms with van der Waals surface area (Å²) in [4.78, 5) is 14.7. The van der Waals surface area contributed by atoms with Gasteiger partial charge in [-0.1, -0.05) is 6.58 Å². The van der Waals surface area contributed by atoms with Crippen LogP contribution in [0.25, 0.3) is 0 Å². The topological polar surface area (TPSA) is 90.4 Å². The molecule has 0 spiro atoms. The highest BCUT2D eigenvalue weighted by Gasteiger charge is 2.57. The lowest BCUT2D eigenvalue weighted by molar-refractivity contribution is -0.140. The molecule has 1 aromatic heterocycles. The number of rotatable bonds is 1. The van der Waals surface area contributed by atoms with Crippen LogP contribution in [0.5, 0.6) is 0 Å². The fourth-order valence-electron chi connectivity index (χ4n) is 1.48. The second-order valence-electron chi connectivity index (χ2n) is 3.56. The van der Waals surface area contributed by atoms with Gasteiger partial charge in [-0.15, -0.1) is 0 Å². The highest BCUT2D eigenvalue weighted by atomic mass is 19.3. The number of aliphatic hydroxyl groups is 1. The molecule has 0 amide bonds. The summed E-state index contributed by atoms with van der Waals surface area (Å²) in [5.74, 6) is -4.24. The molecule has 0 aromatic carbocycles. The molecular weight excluding hydrogens is 236 g/mol. The van der Waals surface area contributed by atoms with E-state index in [1.807, 2.05) is 0 Å². The quantitative estimate of drug-likeness (QED) is 0.719. The zero-order chi connectivity index (χ0) is 12.8. The molecule has 1 aliphatic heterocycles. The maximum atomic E-state index is 13.6. The number of nitrogen functional groups attached to an aromatic ring is 1. The zero-order valence-electron chi connectivity index (χ0n) is 8.51. The number of nitrogens with zero attached hydrogens (tertiary/aromatic N) is 2. The second-order valence-corrected chi connectivity index (χ2v) is 3.56. The van der Waals surface area contributed by atoms with Crippen LogP contribution in [-0.4, -0.2) is 26.7 Å². The van der Waals surface area contributed by atoms with E-state index >= 15 is 0 Å². The average molecular weight is 245 g/mol. The van der Waals surface area contributed by atoms with Gasteiger partial charge in [0.2, 0.25) is 6.23 Å². The standard InChI is InChI=1S/C9H9F2N3O3/c1-4-6(15)9(10,11)7(17-4)14-3-2-5(12)13-8(14)16/h2-3,6-7,15H,1H2,(H2,12,13,16). The van der Waals surface area contributed by atoms with Crippen LogP contribution in [0.2, 0.25) is 0 Å². The van der Waals surface area contributed by atoms with Crippen LogP contribution in [0.15, 0.2) is 29.4 Å². The van der Waals surface area contributed by atoms with E-state index in [1.54, 1.807) is 0 Å². The molecule has 2 atom stereocenters. The van der Waals surface area contributed by atoms with Crippen molar-refractivity contribution in [1.29, 1.82) is 0 Å². The molecule has 6 nitrogen and oxygen atoms in total. The normalized spacial score (nSPS) is 26.9. The fourth-order valence-corrected chi connectivity index (χ4v) is 1.48. The molecule has 3 N–H and O–H groups in total. The highest BCUT2D eigenvalue weighted by Crippen LogP contribution is 2.43. The summed E-state index contributed by atoms with van der Waals surface area (Å²) < 4.78 is 32.4. The molecule has 1 saturated heterocycles. The third-order valence-electron chi connectivity index (χ3n) is 2.37. The summed E-state index contributed by atoms with van der Waals surface area (Å²) >= 11 is 0. The van der Waals surface area contributed by atoms with Crippen molar-refractivity contribution in [1.82, 2.24) is 9.55 Å². The number of hydrogen-bond acceptors (Lipinski definition) is 5. The van der Waals surface area contributed by atoms with Crippen LogP contribution in [0.3, 0.4) is 0 Å². The van der Waals surface area contributed by atoms with E-state index in [9.17, 15) is 13.6 Å². The lowest BCUT2D eigenvalue weighted by Gasteiger charge is -2.19. The van der Waals surface area contributed by atoms with E-state index in [0.29, 0.717) is 4.57 Å². The first-order valence-corrected chi connectivity index (χ1v) is 4.60. The Bertz CT molecular complexity index is 528. The largest absolute Gasteiger partial charge is 0.465 e. The number of hydrogen-bond donors (Lipinski definition) is 2. The molecule has 2 unspecified atom stereocenters. The van der Waals surface area contributed by atoms with E-state index in [4.69, 9.17) is 10.8 Å². The second kappa shape index (κ2) is 3.52. The van der Waals surface area contributed by atoms with E-state index in [-0.39, 0.29) is 5.82 Å². The maximum Gasteiger partial charge on any atom is 0.352 e. The first-order valence-electron chi connectivity index (χ1n) is 4.60. The first-order chi connectivity index (χ1) is 7.84. The summed E-state index contributed by atoms with van der Waals surface area (Å²) in [7, 11) is 0. The number of alkyl halides is 2. The molecule has 1 aliphatic rings. The lowest BCUT2D eigenvalue weighted by atomic mass is 10.2. The van der Waals surface area contributed by atoms with Gasteiger partial charge in [-0.25, -0.2) is 4.79 Å². The lowest BCUT2D eigenvalue weighted by Crippen LogP contribution is -2.40. The Hall–Kier alpha value is -1.96. The molecule has 2 rings (SSSR count). The average Bonchev–Trinajstić information content (AvgIpc) is 2.43. The predicted octanol–water partition coefficient (Wildman–Crippen LogP) is -0.136. The minimum absolute atomic E-state index is 0.0908. The Morgan fingerprint density at radius 1 is 1.65 bits per heavy atom. The Morgan fingerprint density at radius 3 is 2.76 bits per heavy atom. The summed E-state index contributed by atoms with van der Waals surface area (Å²) in [6, 6.07) is 1.17. The van der Waals surface area contributed by atoms with Gasteiger partial charge in [-0.2, -0.15) is 13.8 Å². The van der Waals surface area contributed by atoms with Crippen LogP contribution in [0, 0.1) is 0 Å². The van der Waals surface area contributed by atoms with Crippen molar-refractivity contribution in [2.24, 2.45) is 0 Å². The Balaban J connectivity index is 2.48. The van der Waals surface area contributed by atoms with Crippen molar-refractivity contribution in [3.8, 4) is 0 Å². The van der Waals surface area contributed by atoms with Gasteiger partial charge in [0.25, 0.3) is 0 Å². The van der Waals surface area contributed by atoms with Gasteiger partial charge < -0.3 is 15.6 Å². The Morgan fingerprint density at radius 2 is 2.29 bits per heavy atom. The smallest absolute Gasteiger partial charge is 0.352 e. The van der Waals surface area contributed by atoms with E-state index in [2.05, 4.69) is 16.3 Å². The summed E-state index contributed by atoms with van der Waals surface area (Å²) in [5, 5.41) is 9.17. The minimum Gasteiger partial charge on any atom is -0.465 e. The molecule has 0 saturated carbocycles. The third-order valence-corrected chi connectivity index (χ3v) is 2.37. The molecule has 1 fully saturated rings. The van der Waals surface area contributed by atoms with Crippen LogP contribution >= 0.6 is 0 Å². The molecule has 2 heterocycles. The van der Waals surface area contributed by atoms with Gasteiger partial charge in [0.05, 0.1) is 0 Å². The van der Waals surface area contributed by atoms with Crippen molar-refractivity contribution in [2.75, 3.05) is 5.73 Å². The Labute approximate surface area is 94.0 Å². The van der Waals surface area contributed by atoms with E-state index in [1.165, 1.54) is 6.07 Å². The summed E-state index contributed by atoms with van der Waals surface area (Å²) in [5.41, 5.74) is 4.24. The van der Waals surface area contributed by atoms with Gasteiger partial charge in [-0.3, -0.25) is 4.57 Å². The number of halogens is 2. The number of ether oxygens (including phenoxy) is 1. The molecule has 92 valence electrons. The van der Waals surface area contributed by atoms with Crippen LogP contribution in [-0.2, 0) is 4.74 Å². The third kappa shape index (κ3) is 1.66. The minimum atomic E-state index is -3.65. The van der Waals surface area contributed by atoms with Crippen LogP contribution in [0.4, 0.5) is 14.6 Å². The van der Waals surface area contributed by atoms with Crippen molar-refractivity contribution in [3.63, 3.8) is 0 Å². The summed E-state index contributed by atoms with van der Waals surface area (Å²) in [6.45, 7) is 3.14. The van der Waals surface area contributed by atoms with Crippen molar-refractivity contribution >= 4 is 5.82 Å². The number of aromatic nitrogens is 2. The zero-order valence-corrected chi connectivity index (χ0v) is 8.51. The number of anilines is 1. The number of nitrogens with two attached hydrogens (primary N) is 1. The highest BCUT2D eigenvalue weighted by molar-refractivity contribution is 5.24. The van der Waals surface area contributed by atoms with Crippen LogP contribution in [0.1, 0.15) is 6.23 Å². The SMILES string of the molecule is C=C1OC(n2ccc(N)nc2=O)C(F)(F)C1O. The van der Waals surface area contributed by atoms with Crippen LogP contribution < -0.4 is 11.4 Å². The molecule has 8 heteroatoms. The molecule has 0 aliphatic carbocycles. The van der Waals surface area contributed by atoms with Gasteiger partial charge in [0.15, 0.2) is 6.10 Å². The van der Waals surface area contributed by atoms with Gasteiger partial charge >= 0.3 is 11.6 Å². The molecule has 0 radical (unpaired) electrons. The maximum absolute atomic E-state index is 13.6. The Kier molecular flexibility index (Phi) is 2.39. The summed E-state index contributed by atoms with van der Waals surface area (Å²) in [6.07, 6.45) is -3.10. The van der Waals surface area contributed by atoms with Crippen molar-refractivity contribution < 1.29 is 18.6 Å². The first kappa shape index (κ1) is 11.5. The predicted molar refractivity (Wildman–Crippen MR) is 53.1 cm³/mol. The molecule has 1 aromatic rings. The molecule has 0 bridgehead atoms. The van der Waals surface area contributed by atoms with E-state index < -0.39 is 29.7 Å². The fraction of sp³-hybridized carbons (Fsp3) is 0.333. The van der Waals surface area contributed by atoms with Crippen molar-refractivity contribution in [3.05, 3.63) is 35.1 Å². The van der Waals surface area contributed by atoms with Crippen molar-refractivity contribution in [2.45, 2.75) is 18.3 Å². The van der Waals surface area contributed by atoms with E-state index in [0.717, 1.165) is 6.20 Å². The number of aliphatic hydroxyl groups excluding tert-OH is 1. The van der Waals surface area contributed by atoms with Gasteiger partial charge in [0.1, 0.15) is 11.6 Å². The monoisotopic (exact) mass is 245 g/mol. The molecular formula is C9H9F2N3O3. The van der Waals surface area contributed by atoms with Gasteiger partial charge in [-0.05, 0) is 6.07 Å².